The fourth-order valence-corrected chi connectivity index (χ4v) is 2.54. The van der Waals surface area contributed by atoms with Crippen molar-refractivity contribution in [2.45, 2.75) is 6.92 Å². The molecule has 0 saturated carbocycles. The van der Waals surface area contributed by atoms with Crippen molar-refractivity contribution in [3.05, 3.63) is 30.0 Å². The van der Waals surface area contributed by atoms with Crippen molar-refractivity contribution < 1.29 is 4.79 Å². The highest BCUT2D eigenvalue weighted by atomic mass is 16.2. The standard InChI is InChI=1S/C14H16N4O/c1-9-8-16-12-10(4-3-5-11(12)15)13(9)18-7-6-17(2)14(18)19/h3-5,8H,6-7,15H2,1-2H3. The molecule has 1 fully saturated rings. The van der Waals surface area contributed by atoms with Gasteiger partial charge in [-0.05, 0) is 18.6 Å². The third-order valence-corrected chi connectivity index (χ3v) is 3.57. The van der Waals surface area contributed by atoms with E-state index >= 15 is 0 Å². The van der Waals surface area contributed by atoms with Crippen LogP contribution in [0.1, 0.15) is 5.56 Å². The summed E-state index contributed by atoms with van der Waals surface area (Å²) in [6, 6.07) is 5.71. The van der Waals surface area contributed by atoms with Crippen molar-refractivity contribution in [1.29, 1.82) is 0 Å². The number of aryl methyl sites for hydroxylation is 1. The van der Waals surface area contributed by atoms with Gasteiger partial charge in [-0.3, -0.25) is 9.88 Å². The van der Waals surface area contributed by atoms with Crippen LogP contribution in [0.4, 0.5) is 16.2 Å². The lowest BCUT2D eigenvalue weighted by atomic mass is 10.1. The van der Waals surface area contributed by atoms with Crippen LogP contribution >= 0.6 is 0 Å². The molecule has 0 bridgehead atoms. The molecular formula is C14H16N4O. The summed E-state index contributed by atoms with van der Waals surface area (Å²) < 4.78 is 0. The molecule has 0 aliphatic carbocycles. The second kappa shape index (κ2) is 4.12. The maximum atomic E-state index is 12.2. The molecule has 1 aromatic carbocycles. The SMILES string of the molecule is Cc1cnc2c(N)cccc2c1N1CCN(C)C1=O. The number of nitrogen functional groups attached to an aromatic ring is 1. The molecule has 2 amide bonds. The number of carbonyl (C=O) groups excluding carboxylic acids is 1. The van der Waals surface area contributed by atoms with Crippen LogP contribution in [0.3, 0.4) is 0 Å². The van der Waals surface area contributed by atoms with Crippen LogP contribution in [0.2, 0.25) is 0 Å². The van der Waals surface area contributed by atoms with E-state index in [2.05, 4.69) is 4.98 Å². The smallest absolute Gasteiger partial charge is 0.324 e. The number of carbonyl (C=O) groups is 1. The second-order valence-corrected chi connectivity index (χ2v) is 4.89. The molecule has 2 N–H and O–H groups in total. The Morgan fingerprint density at radius 2 is 2.11 bits per heavy atom. The summed E-state index contributed by atoms with van der Waals surface area (Å²) in [5, 5.41) is 0.934. The minimum absolute atomic E-state index is 0.0259. The molecule has 1 saturated heterocycles. The van der Waals surface area contributed by atoms with E-state index in [1.807, 2.05) is 32.2 Å². The molecule has 2 aromatic rings. The topological polar surface area (TPSA) is 62.5 Å². The molecule has 1 aromatic heterocycles. The first kappa shape index (κ1) is 11.8. The quantitative estimate of drug-likeness (QED) is 0.794. The third-order valence-electron chi connectivity index (χ3n) is 3.57. The van der Waals surface area contributed by atoms with Gasteiger partial charge in [-0.2, -0.15) is 0 Å². The molecule has 5 heteroatoms. The fourth-order valence-electron chi connectivity index (χ4n) is 2.54. The lowest BCUT2D eigenvalue weighted by Gasteiger charge is -2.20. The normalized spacial score (nSPS) is 15.6. The van der Waals surface area contributed by atoms with Gasteiger partial charge in [0, 0.05) is 31.7 Å². The van der Waals surface area contributed by atoms with Gasteiger partial charge in [-0.25, -0.2) is 4.79 Å². The van der Waals surface area contributed by atoms with Crippen LogP contribution in [-0.4, -0.2) is 36.1 Å². The molecular weight excluding hydrogens is 240 g/mol. The minimum atomic E-state index is 0.0259. The highest BCUT2D eigenvalue weighted by Crippen LogP contribution is 2.33. The number of hydrogen-bond acceptors (Lipinski definition) is 3. The Kier molecular flexibility index (Phi) is 2.55. The monoisotopic (exact) mass is 256 g/mol. The number of benzene rings is 1. The van der Waals surface area contributed by atoms with Crippen molar-refractivity contribution >= 4 is 28.3 Å². The Morgan fingerprint density at radius 1 is 1.32 bits per heavy atom. The van der Waals surface area contributed by atoms with E-state index in [1.54, 1.807) is 16.0 Å². The van der Waals surface area contributed by atoms with Gasteiger partial charge in [0.1, 0.15) is 0 Å². The molecule has 0 atom stereocenters. The summed E-state index contributed by atoms with van der Waals surface area (Å²) in [5.74, 6) is 0. The first-order chi connectivity index (χ1) is 9.09. The van der Waals surface area contributed by atoms with Crippen molar-refractivity contribution in [2.24, 2.45) is 0 Å². The summed E-state index contributed by atoms with van der Waals surface area (Å²) >= 11 is 0. The Balaban J connectivity index is 2.26. The van der Waals surface area contributed by atoms with Crippen molar-refractivity contribution in [3.63, 3.8) is 0 Å². The van der Waals surface area contributed by atoms with E-state index in [-0.39, 0.29) is 6.03 Å². The number of pyridine rings is 1. The maximum Gasteiger partial charge on any atom is 0.324 e. The first-order valence-electron chi connectivity index (χ1n) is 6.26. The summed E-state index contributed by atoms with van der Waals surface area (Å²) in [5.41, 5.74) is 9.26. The molecule has 5 nitrogen and oxygen atoms in total. The van der Waals surface area contributed by atoms with Crippen molar-refractivity contribution in [2.75, 3.05) is 30.8 Å². The summed E-state index contributed by atoms with van der Waals surface area (Å²) in [6.45, 7) is 3.41. The van der Waals surface area contributed by atoms with Gasteiger partial charge in [0.05, 0.1) is 16.9 Å². The van der Waals surface area contributed by atoms with Crippen molar-refractivity contribution in [3.8, 4) is 0 Å². The zero-order valence-corrected chi connectivity index (χ0v) is 11.1. The number of anilines is 2. The minimum Gasteiger partial charge on any atom is -0.397 e. The largest absolute Gasteiger partial charge is 0.397 e. The van der Waals surface area contributed by atoms with E-state index in [9.17, 15) is 4.79 Å². The zero-order chi connectivity index (χ0) is 13.6. The average molecular weight is 256 g/mol. The number of nitrogens with zero attached hydrogens (tertiary/aromatic N) is 3. The third kappa shape index (κ3) is 1.69. The number of likely N-dealkylation sites (N-methyl/N-ethyl adjacent to an activating group) is 1. The highest BCUT2D eigenvalue weighted by molar-refractivity contribution is 6.06. The van der Waals surface area contributed by atoms with Gasteiger partial charge in [-0.1, -0.05) is 12.1 Å². The number of nitrogens with two attached hydrogens (primary N) is 1. The van der Waals surface area contributed by atoms with Gasteiger partial charge in [-0.15, -0.1) is 0 Å². The summed E-state index contributed by atoms with van der Waals surface area (Å²) in [4.78, 5) is 20.1. The van der Waals surface area contributed by atoms with E-state index < -0.39 is 0 Å². The number of urea groups is 1. The number of amides is 2. The molecule has 0 unspecified atom stereocenters. The van der Waals surface area contributed by atoms with Gasteiger partial charge in [0.25, 0.3) is 0 Å². The van der Waals surface area contributed by atoms with E-state index in [0.29, 0.717) is 12.2 Å². The van der Waals surface area contributed by atoms with Gasteiger partial charge in [0.15, 0.2) is 0 Å². The molecule has 19 heavy (non-hydrogen) atoms. The van der Waals surface area contributed by atoms with E-state index in [0.717, 1.165) is 28.7 Å². The van der Waals surface area contributed by atoms with Crippen molar-refractivity contribution in [1.82, 2.24) is 9.88 Å². The lowest BCUT2D eigenvalue weighted by Crippen LogP contribution is -2.30. The van der Waals surface area contributed by atoms with Crippen LogP contribution in [0, 0.1) is 6.92 Å². The molecule has 3 rings (SSSR count). The van der Waals surface area contributed by atoms with Crippen LogP contribution in [0.5, 0.6) is 0 Å². The molecule has 2 heterocycles. The Morgan fingerprint density at radius 3 is 2.79 bits per heavy atom. The zero-order valence-electron chi connectivity index (χ0n) is 11.1. The molecule has 0 radical (unpaired) electrons. The average Bonchev–Trinajstić information content (AvgIpc) is 2.71. The summed E-state index contributed by atoms with van der Waals surface area (Å²) in [7, 11) is 1.81. The van der Waals surface area contributed by atoms with Crippen LogP contribution in [0.25, 0.3) is 10.9 Å². The highest BCUT2D eigenvalue weighted by Gasteiger charge is 2.29. The maximum absolute atomic E-state index is 12.2. The van der Waals surface area contributed by atoms with E-state index in [4.69, 9.17) is 5.73 Å². The Hall–Kier alpha value is -2.30. The fraction of sp³-hybridized carbons (Fsp3) is 0.286. The first-order valence-corrected chi connectivity index (χ1v) is 6.26. The van der Waals surface area contributed by atoms with Gasteiger partial charge < -0.3 is 10.6 Å². The van der Waals surface area contributed by atoms with E-state index in [1.165, 1.54) is 0 Å². The Labute approximate surface area is 111 Å². The predicted octanol–water partition coefficient (Wildman–Crippen LogP) is 2.00. The molecule has 98 valence electrons. The molecule has 1 aliphatic heterocycles. The second-order valence-electron chi connectivity index (χ2n) is 4.89. The number of hydrogen-bond donors (Lipinski definition) is 1. The number of aromatic nitrogens is 1. The van der Waals surface area contributed by atoms with Crippen LogP contribution in [0.15, 0.2) is 24.4 Å². The van der Waals surface area contributed by atoms with Gasteiger partial charge >= 0.3 is 6.03 Å². The predicted molar refractivity (Wildman–Crippen MR) is 76.3 cm³/mol. The van der Waals surface area contributed by atoms with Gasteiger partial charge in [0.2, 0.25) is 0 Å². The Bertz CT molecular complexity index is 668. The lowest BCUT2D eigenvalue weighted by molar-refractivity contribution is 0.229. The number of para-hydroxylation sites is 1. The summed E-state index contributed by atoms with van der Waals surface area (Å²) in [6.07, 6.45) is 1.78. The molecule has 0 spiro atoms. The van der Waals surface area contributed by atoms with Crippen LogP contribution in [-0.2, 0) is 0 Å². The number of rotatable bonds is 1. The molecule has 1 aliphatic rings. The number of fused-ring (bicyclic) bond motifs is 1. The van der Waals surface area contributed by atoms with Crippen LogP contribution < -0.4 is 10.6 Å².